The number of hydrogen-bond donors (Lipinski definition) is 1. The van der Waals surface area contributed by atoms with E-state index in [0.717, 1.165) is 25.7 Å². The van der Waals surface area contributed by atoms with E-state index < -0.39 is 0 Å². The third kappa shape index (κ3) is 4.22. The molecule has 112 valence electrons. The van der Waals surface area contributed by atoms with Gasteiger partial charge in [0.05, 0.1) is 6.61 Å². The molecule has 0 spiro atoms. The minimum atomic E-state index is 0.767. The van der Waals surface area contributed by atoms with E-state index in [9.17, 15) is 0 Å². The van der Waals surface area contributed by atoms with Crippen molar-refractivity contribution in [3.05, 3.63) is 29.3 Å². The van der Waals surface area contributed by atoms with E-state index in [4.69, 9.17) is 4.74 Å². The van der Waals surface area contributed by atoms with Crippen molar-refractivity contribution >= 4 is 5.69 Å². The van der Waals surface area contributed by atoms with E-state index in [0.29, 0.717) is 0 Å². The zero-order valence-electron chi connectivity index (χ0n) is 13.1. The molecular formula is C17H28N2O. The van der Waals surface area contributed by atoms with Crippen LogP contribution in [0.25, 0.3) is 0 Å². The Morgan fingerprint density at radius 1 is 1.35 bits per heavy atom. The fourth-order valence-corrected chi connectivity index (χ4v) is 2.68. The van der Waals surface area contributed by atoms with Gasteiger partial charge in [0.1, 0.15) is 0 Å². The number of hydrogen-bond acceptors (Lipinski definition) is 3. The van der Waals surface area contributed by atoms with Crippen LogP contribution in [0.15, 0.2) is 18.2 Å². The summed E-state index contributed by atoms with van der Waals surface area (Å²) >= 11 is 0. The molecule has 1 aliphatic carbocycles. The van der Waals surface area contributed by atoms with E-state index in [1.54, 1.807) is 7.11 Å². The predicted molar refractivity (Wildman–Crippen MR) is 85.4 cm³/mol. The van der Waals surface area contributed by atoms with Crippen molar-refractivity contribution in [3.8, 4) is 0 Å². The van der Waals surface area contributed by atoms with E-state index >= 15 is 0 Å². The van der Waals surface area contributed by atoms with Crippen LogP contribution in [0.1, 0.15) is 37.3 Å². The first-order valence-electron chi connectivity index (χ1n) is 7.82. The lowest BCUT2D eigenvalue weighted by molar-refractivity contribution is 0.199. The first kappa shape index (κ1) is 15.3. The SMILES string of the molecule is CCCN(c1ccc(CNCCOC)cc1C)C1CC1. The molecule has 0 amide bonds. The van der Waals surface area contributed by atoms with E-state index in [1.165, 1.54) is 42.6 Å². The van der Waals surface area contributed by atoms with Crippen molar-refractivity contribution in [2.45, 2.75) is 45.7 Å². The number of nitrogens with zero attached hydrogens (tertiary/aromatic N) is 1. The lowest BCUT2D eigenvalue weighted by Crippen LogP contribution is -2.27. The van der Waals surface area contributed by atoms with Gasteiger partial charge in [-0.1, -0.05) is 19.1 Å². The first-order valence-corrected chi connectivity index (χ1v) is 7.82. The lowest BCUT2D eigenvalue weighted by Gasteiger charge is -2.26. The average molecular weight is 276 g/mol. The van der Waals surface area contributed by atoms with Crippen molar-refractivity contribution in [2.75, 3.05) is 31.7 Å². The van der Waals surface area contributed by atoms with Crippen LogP contribution in [0, 0.1) is 6.92 Å². The summed E-state index contributed by atoms with van der Waals surface area (Å²) in [5.74, 6) is 0. The van der Waals surface area contributed by atoms with Gasteiger partial charge in [0.2, 0.25) is 0 Å². The van der Waals surface area contributed by atoms with Crippen LogP contribution in [0.3, 0.4) is 0 Å². The third-order valence-electron chi connectivity index (χ3n) is 3.83. The Bertz CT molecular complexity index is 415. The molecule has 1 aromatic rings. The maximum atomic E-state index is 5.05. The van der Waals surface area contributed by atoms with Gasteiger partial charge in [0.15, 0.2) is 0 Å². The lowest BCUT2D eigenvalue weighted by atomic mass is 10.1. The van der Waals surface area contributed by atoms with Gasteiger partial charge in [0.25, 0.3) is 0 Å². The Morgan fingerprint density at radius 2 is 2.15 bits per heavy atom. The molecular weight excluding hydrogens is 248 g/mol. The maximum absolute atomic E-state index is 5.05. The Morgan fingerprint density at radius 3 is 2.75 bits per heavy atom. The molecule has 1 aliphatic rings. The zero-order valence-corrected chi connectivity index (χ0v) is 13.1. The first-order chi connectivity index (χ1) is 9.76. The van der Waals surface area contributed by atoms with Gasteiger partial charge in [-0.15, -0.1) is 0 Å². The molecule has 1 fully saturated rings. The van der Waals surface area contributed by atoms with Crippen LogP contribution in [-0.4, -0.2) is 32.8 Å². The van der Waals surface area contributed by atoms with Crippen LogP contribution in [-0.2, 0) is 11.3 Å². The van der Waals surface area contributed by atoms with Gasteiger partial charge >= 0.3 is 0 Å². The molecule has 0 atom stereocenters. The number of rotatable bonds is 9. The molecule has 1 aromatic carbocycles. The molecule has 0 unspecified atom stereocenters. The molecule has 1 saturated carbocycles. The second-order valence-corrected chi connectivity index (χ2v) is 5.71. The summed E-state index contributed by atoms with van der Waals surface area (Å²) in [6.07, 6.45) is 3.94. The minimum absolute atomic E-state index is 0.767. The summed E-state index contributed by atoms with van der Waals surface area (Å²) in [6, 6.07) is 7.67. The largest absolute Gasteiger partial charge is 0.383 e. The number of methoxy groups -OCH3 is 1. The van der Waals surface area contributed by atoms with Crippen molar-refractivity contribution < 1.29 is 4.74 Å². The molecule has 0 heterocycles. The van der Waals surface area contributed by atoms with Gasteiger partial charge in [-0.05, 0) is 43.4 Å². The summed E-state index contributed by atoms with van der Waals surface area (Å²) in [7, 11) is 1.74. The van der Waals surface area contributed by atoms with Gasteiger partial charge in [-0.25, -0.2) is 0 Å². The highest BCUT2D eigenvalue weighted by Crippen LogP contribution is 2.33. The van der Waals surface area contributed by atoms with Crippen LogP contribution < -0.4 is 10.2 Å². The fraction of sp³-hybridized carbons (Fsp3) is 0.647. The van der Waals surface area contributed by atoms with Crippen LogP contribution in [0.4, 0.5) is 5.69 Å². The van der Waals surface area contributed by atoms with E-state index in [2.05, 4.69) is 42.3 Å². The molecule has 0 saturated heterocycles. The molecule has 3 nitrogen and oxygen atoms in total. The number of anilines is 1. The maximum Gasteiger partial charge on any atom is 0.0587 e. The van der Waals surface area contributed by atoms with Crippen molar-refractivity contribution in [1.29, 1.82) is 0 Å². The van der Waals surface area contributed by atoms with Gasteiger partial charge in [0, 0.05) is 38.5 Å². The standard InChI is InChI=1S/C17H28N2O/c1-4-10-19(16-6-7-16)17-8-5-15(12-14(17)2)13-18-9-11-20-3/h5,8,12,16,18H,4,6-7,9-11,13H2,1-3H3. The highest BCUT2D eigenvalue weighted by atomic mass is 16.5. The number of nitrogens with one attached hydrogen (secondary N) is 1. The Kier molecular flexibility index (Phi) is 5.86. The predicted octanol–water partition coefficient (Wildman–Crippen LogP) is 3.11. The highest BCUT2D eigenvalue weighted by Gasteiger charge is 2.29. The zero-order chi connectivity index (χ0) is 14.4. The Balaban J connectivity index is 1.97. The van der Waals surface area contributed by atoms with Crippen molar-refractivity contribution in [3.63, 3.8) is 0 Å². The number of aryl methyl sites for hydroxylation is 1. The Labute approximate surface area is 123 Å². The summed E-state index contributed by atoms with van der Waals surface area (Å²) in [4.78, 5) is 2.59. The summed E-state index contributed by atoms with van der Waals surface area (Å²) in [5.41, 5.74) is 4.18. The van der Waals surface area contributed by atoms with Crippen LogP contribution >= 0.6 is 0 Å². The summed E-state index contributed by atoms with van der Waals surface area (Å²) in [6.45, 7) is 8.26. The molecule has 0 radical (unpaired) electrons. The molecule has 1 N–H and O–H groups in total. The monoisotopic (exact) mass is 276 g/mol. The van der Waals surface area contributed by atoms with Gasteiger partial charge < -0.3 is 15.0 Å². The van der Waals surface area contributed by atoms with Gasteiger partial charge in [-0.3, -0.25) is 0 Å². The number of benzene rings is 1. The molecule has 0 aliphatic heterocycles. The number of ether oxygens (including phenoxy) is 1. The molecule has 20 heavy (non-hydrogen) atoms. The molecule has 0 aromatic heterocycles. The van der Waals surface area contributed by atoms with Crippen molar-refractivity contribution in [1.82, 2.24) is 5.32 Å². The van der Waals surface area contributed by atoms with Gasteiger partial charge in [-0.2, -0.15) is 0 Å². The van der Waals surface area contributed by atoms with Crippen LogP contribution in [0.2, 0.25) is 0 Å². The topological polar surface area (TPSA) is 24.5 Å². The smallest absolute Gasteiger partial charge is 0.0587 e. The second-order valence-electron chi connectivity index (χ2n) is 5.71. The average Bonchev–Trinajstić information content (AvgIpc) is 3.26. The second kappa shape index (κ2) is 7.65. The summed E-state index contributed by atoms with van der Waals surface area (Å²) in [5, 5.41) is 3.40. The quantitative estimate of drug-likeness (QED) is 0.701. The Hall–Kier alpha value is -1.06. The highest BCUT2D eigenvalue weighted by molar-refractivity contribution is 5.56. The normalized spacial score (nSPS) is 14.6. The molecule has 0 bridgehead atoms. The molecule has 3 heteroatoms. The molecule has 2 rings (SSSR count). The van der Waals surface area contributed by atoms with E-state index in [1.807, 2.05) is 0 Å². The minimum Gasteiger partial charge on any atom is -0.383 e. The fourth-order valence-electron chi connectivity index (χ4n) is 2.68. The van der Waals surface area contributed by atoms with Crippen LogP contribution in [0.5, 0.6) is 0 Å². The van der Waals surface area contributed by atoms with Crippen molar-refractivity contribution in [2.24, 2.45) is 0 Å². The van der Waals surface area contributed by atoms with E-state index in [-0.39, 0.29) is 0 Å². The third-order valence-corrected chi connectivity index (χ3v) is 3.83. The summed E-state index contributed by atoms with van der Waals surface area (Å²) < 4.78 is 5.05.